The molecule has 0 aromatic heterocycles. The van der Waals surface area contributed by atoms with E-state index in [1.54, 1.807) is 0 Å². The van der Waals surface area contributed by atoms with E-state index in [2.05, 4.69) is 45.4 Å². The van der Waals surface area contributed by atoms with Crippen LogP contribution in [0.5, 0.6) is 0 Å². The van der Waals surface area contributed by atoms with Crippen molar-refractivity contribution in [3.63, 3.8) is 0 Å². The van der Waals surface area contributed by atoms with Crippen molar-refractivity contribution < 1.29 is 0 Å². The van der Waals surface area contributed by atoms with Crippen molar-refractivity contribution >= 4 is 11.6 Å². The fourth-order valence-corrected chi connectivity index (χ4v) is 1.95. The van der Waals surface area contributed by atoms with E-state index in [0.717, 1.165) is 16.7 Å². The van der Waals surface area contributed by atoms with Gasteiger partial charge in [-0.3, -0.25) is 0 Å². The molecule has 0 atom stereocenters. The van der Waals surface area contributed by atoms with Crippen LogP contribution in [0.1, 0.15) is 37.5 Å². The van der Waals surface area contributed by atoms with Crippen LogP contribution in [0.2, 0.25) is 0 Å². The molecule has 0 aliphatic rings. The molecule has 0 saturated heterocycles. The Morgan fingerprint density at radius 3 is 2.56 bits per heavy atom. The highest BCUT2D eigenvalue weighted by molar-refractivity contribution is 5.79. The zero-order valence-corrected chi connectivity index (χ0v) is 10.2. The lowest BCUT2D eigenvalue weighted by Crippen LogP contribution is -1.99. The Bertz CT molecular complexity index is 453. The lowest BCUT2D eigenvalue weighted by molar-refractivity contribution is 0.853. The van der Waals surface area contributed by atoms with Gasteiger partial charge in [0.1, 0.15) is 0 Å². The van der Waals surface area contributed by atoms with E-state index in [0.29, 0.717) is 5.92 Å². The van der Waals surface area contributed by atoms with E-state index < -0.39 is 0 Å². The highest BCUT2D eigenvalue weighted by Crippen LogP contribution is 2.29. The van der Waals surface area contributed by atoms with Crippen LogP contribution in [0.15, 0.2) is 30.9 Å². The summed E-state index contributed by atoms with van der Waals surface area (Å²) in [5.41, 5.74) is 4.48. The van der Waals surface area contributed by atoms with E-state index in [1.165, 1.54) is 5.57 Å². The van der Waals surface area contributed by atoms with Crippen molar-refractivity contribution in [3.05, 3.63) is 47.5 Å². The third-order valence-corrected chi connectivity index (χ3v) is 2.69. The van der Waals surface area contributed by atoms with Crippen LogP contribution in [-0.4, -0.2) is 0 Å². The molecule has 0 amide bonds. The Balaban J connectivity index is 3.52. The van der Waals surface area contributed by atoms with E-state index in [4.69, 9.17) is 6.42 Å². The quantitative estimate of drug-likeness (QED) is 0.650. The average Bonchev–Trinajstić information content (AvgIpc) is 2.29. The third-order valence-electron chi connectivity index (χ3n) is 2.69. The van der Waals surface area contributed by atoms with Crippen molar-refractivity contribution in [2.24, 2.45) is 5.92 Å². The number of benzene rings is 1. The largest absolute Gasteiger partial charge is 0.115 e. The van der Waals surface area contributed by atoms with Gasteiger partial charge in [0.05, 0.1) is 0 Å². The first-order valence-corrected chi connectivity index (χ1v) is 5.54. The molecule has 0 unspecified atom stereocenters. The van der Waals surface area contributed by atoms with E-state index >= 15 is 0 Å². The number of hydrogen-bond acceptors (Lipinski definition) is 0. The molecule has 0 heteroatoms. The van der Waals surface area contributed by atoms with Gasteiger partial charge in [0.15, 0.2) is 0 Å². The Kier molecular flexibility index (Phi) is 4.14. The number of hydrogen-bond donors (Lipinski definition) is 0. The number of rotatable bonds is 3. The van der Waals surface area contributed by atoms with Gasteiger partial charge in [0, 0.05) is 11.1 Å². The van der Waals surface area contributed by atoms with Crippen LogP contribution in [0, 0.1) is 18.3 Å². The maximum atomic E-state index is 5.56. The fourth-order valence-electron chi connectivity index (χ4n) is 1.95. The van der Waals surface area contributed by atoms with Crippen LogP contribution in [0.3, 0.4) is 0 Å². The van der Waals surface area contributed by atoms with Crippen LogP contribution in [0.4, 0.5) is 0 Å². The first-order chi connectivity index (χ1) is 7.65. The van der Waals surface area contributed by atoms with Crippen LogP contribution in [0.25, 0.3) is 11.6 Å². The van der Waals surface area contributed by atoms with Gasteiger partial charge < -0.3 is 0 Å². The van der Waals surface area contributed by atoms with Crippen LogP contribution < -0.4 is 0 Å². The minimum Gasteiger partial charge on any atom is -0.115 e. The first-order valence-electron chi connectivity index (χ1n) is 5.54. The molecule has 0 aliphatic carbocycles. The Morgan fingerprint density at radius 2 is 2.12 bits per heavy atom. The smallest absolute Gasteiger partial charge is 0.0323 e. The van der Waals surface area contributed by atoms with Crippen molar-refractivity contribution in [3.8, 4) is 12.3 Å². The van der Waals surface area contributed by atoms with Crippen molar-refractivity contribution in [1.82, 2.24) is 0 Å². The van der Waals surface area contributed by atoms with Crippen LogP contribution in [-0.2, 0) is 0 Å². The molecule has 0 bridgehead atoms. The summed E-state index contributed by atoms with van der Waals surface area (Å²) in [4.78, 5) is 0. The highest BCUT2D eigenvalue weighted by atomic mass is 14.2. The monoisotopic (exact) mass is 210 g/mol. The lowest BCUT2D eigenvalue weighted by Gasteiger charge is -2.16. The molecule has 82 valence electrons. The highest BCUT2D eigenvalue weighted by Gasteiger charge is 2.12. The molecule has 0 aliphatic heterocycles. The fraction of sp³-hybridized carbons (Fsp3) is 0.250. The second-order valence-electron chi connectivity index (χ2n) is 4.02. The summed E-state index contributed by atoms with van der Waals surface area (Å²) in [6, 6.07) is 6.01. The predicted octanol–water partition coefficient (Wildman–Crippen LogP) is 4.37. The van der Waals surface area contributed by atoms with Gasteiger partial charge in [0.2, 0.25) is 0 Å². The summed E-state index contributed by atoms with van der Waals surface area (Å²) < 4.78 is 0. The van der Waals surface area contributed by atoms with Crippen LogP contribution >= 0.6 is 0 Å². The zero-order chi connectivity index (χ0) is 12.1. The summed E-state index contributed by atoms with van der Waals surface area (Å²) in [5, 5.41) is 0. The Morgan fingerprint density at radius 1 is 1.44 bits per heavy atom. The molecule has 1 aromatic carbocycles. The molecule has 0 radical (unpaired) electrons. The standard InChI is InChI=1S/C16H18/c1-6-13-10-9-11-14(7-2)16(13)15(8-3)12(4)5/h1,7-12H,2H2,3-5H3/b15-8-. The molecule has 1 aromatic rings. The summed E-state index contributed by atoms with van der Waals surface area (Å²) in [6.07, 6.45) is 9.55. The second kappa shape index (κ2) is 5.37. The van der Waals surface area contributed by atoms with Gasteiger partial charge in [-0.1, -0.05) is 50.6 Å². The zero-order valence-electron chi connectivity index (χ0n) is 10.2. The van der Waals surface area contributed by atoms with Crippen molar-refractivity contribution in [2.45, 2.75) is 20.8 Å². The Labute approximate surface area is 98.7 Å². The minimum atomic E-state index is 0.457. The molecule has 0 nitrogen and oxygen atoms in total. The average molecular weight is 210 g/mol. The molecule has 0 spiro atoms. The predicted molar refractivity (Wildman–Crippen MR) is 73.0 cm³/mol. The molecule has 1 rings (SSSR count). The molecule has 0 saturated carbocycles. The topological polar surface area (TPSA) is 0 Å². The normalized spacial score (nSPS) is 11.3. The summed E-state index contributed by atoms with van der Waals surface area (Å²) in [6.45, 7) is 10.3. The summed E-state index contributed by atoms with van der Waals surface area (Å²) >= 11 is 0. The maximum absolute atomic E-state index is 5.56. The van der Waals surface area contributed by atoms with Gasteiger partial charge in [-0.15, -0.1) is 6.42 Å². The Hall–Kier alpha value is -1.74. The van der Waals surface area contributed by atoms with E-state index in [-0.39, 0.29) is 0 Å². The second-order valence-corrected chi connectivity index (χ2v) is 4.02. The van der Waals surface area contributed by atoms with E-state index in [1.807, 2.05) is 18.2 Å². The number of allylic oxidation sites excluding steroid dienone is 2. The van der Waals surface area contributed by atoms with Gasteiger partial charge in [0.25, 0.3) is 0 Å². The van der Waals surface area contributed by atoms with Crippen molar-refractivity contribution in [2.75, 3.05) is 0 Å². The number of terminal acetylenes is 1. The third kappa shape index (κ3) is 2.25. The molecule has 0 N–H and O–H groups in total. The minimum absolute atomic E-state index is 0.457. The van der Waals surface area contributed by atoms with Gasteiger partial charge >= 0.3 is 0 Å². The SMILES string of the molecule is C#Cc1cccc(C=C)c1/C(=C\C)C(C)C. The van der Waals surface area contributed by atoms with Crippen molar-refractivity contribution in [1.29, 1.82) is 0 Å². The van der Waals surface area contributed by atoms with Gasteiger partial charge in [-0.05, 0) is 30.0 Å². The molecule has 0 fully saturated rings. The maximum Gasteiger partial charge on any atom is 0.0323 e. The molecule has 0 heterocycles. The summed E-state index contributed by atoms with van der Waals surface area (Å²) in [5.74, 6) is 3.21. The molecular formula is C16H18. The summed E-state index contributed by atoms with van der Waals surface area (Å²) in [7, 11) is 0. The van der Waals surface area contributed by atoms with Gasteiger partial charge in [-0.25, -0.2) is 0 Å². The molecular weight excluding hydrogens is 192 g/mol. The first kappa shape index (κ1) is 12.3. The van der Waals surface area contributed by atoms with Gasteiger partial charge in [-0.2, -0.15) is 0 Å². The molecule has 16 heavy (non-hydrogen) atoms. The van der Waals surface area contributed by atoms with E-state index in [9.17, 15) is 0 Å². The lowest BCUT2D eigenvalue weighted by atomic mass is 9.88.